The molecule has 1 fully saturated rings. The first-order valence-corrected chi connectivity index (χ1v) is 9.25. The quantitative estimate of drug-likeness (QED) is 0.734. The van der Waals surface area contributed by atoms with Gasteiger partial charge >= 0.3 is 8.25 Å². The van der Waals surface area contributed by atoms with Crippen LogP contribution in [0.1, 0.15) is 13.3 Å². The first-order chi connectivity index (χ1) is 12.0. The van der Waals surface area contributed by atoms with E-state index in [1.165, 1.54) is 17.2 Å². The molecule has 0 aliphatic carbocycles. The van der Waals surface area contributed by atoms with Crippen LogP contribution in [0.25, 0.3) is 0 Å². The number of nitrogens with zero attached hydrogens (tertiary/aromatic N) is 1. The molecule has 2 N–H and O–H groups in total. The maximum Gasteiger partial charge on any atom is 0.367 e. The molecule has 0 bridgehead atoms. The summed E-state index contributed by atoms with van der Waals surface area (Å²) < 4.78 is 28.3. The molecule has 0 radical (unpaired) electrons. The number of hydrogen-bond donors (Lipinski definition) is 2. The number of aliphatic hydroxyl groups is 1. The molecule has 2 aliphatic rings. The second-order valence-electron chi connectivity index (χ2n) is 5.98. The van der Waals surface area contributed by atoms with Crippen molar-refractivity contribution in [1.29, 1.82) is 0 Å². The number of rotatable bonds is 6. The summed E-state index contributed by atoms with van der Waals surface area (Å²) in [5, 5.41) is 12.4. The Kier molecular flexibility index (Phi) is 5.75. The highest BCUT2D eigenvalue weighted by atomic mass is 31.1. The lowest BCUT2D eigenvalue weighted by Gasteiger charge is -2.35. The average Bonchev–Trinajstić information content (AvgIpc) is 2.95. The maximum absolute atomic E-state index is 11.9. The van der Waals surface area contributed by atoms with Crippen LogP contribution < -0.4 is 9.84 Å². The highest BCUT2D eigenvalue weighted by Gasteiger charge is 2.39. The van der Waals surface area contributed by atoms with Crippen LogP contribution in [0.5, 0.6) is 5.75 Å². The van der Waals surface area contributed by atoms with Gasteiger partial charge in [-0.25, -0.2) is 4.57 Å². The Morgan fingerprint density at radius 1 is 1.40 bits per heavy atom. The van der Waals surface area contributed by atoms with Crippen molar-refractivity contribution in [3.63, 3.8) is 0 Å². The molecule has 1 saturated heterocycles. The van der Waals surface area contributed by atoms with Crippen LogP contribution in [-0.4, -0.2) is 41.2 Å². The van der Waals surface area contributed by atoms with E-state index in [1.54, 1.807) is 24.3 Å². The van der Waals surface area contributed by atoms with E-state index in [4.69, 9.17) is 13.8 Å². The Balaban J connectivity index is 1.49. The third kappa shape index (κ3) is 4.61. The molecule has 136 valence electrons. The van der Waals surface area contributed by atoms with Crippen molar-refractivity contribution in [3.8, 4) is 5.75 Å². The van der Waals surface area contributed by atoms with Gasteiger partial charge in [0.05, 0.1) is 12.7 Å². The molecule has 2 unspecified atom stereocenters. The Bertz CT molecular complexity index is 655. The van der Waals surface area contributed by atoms with Crippen molar-refractivity contribution in [2.24, 2.45) is 5.92 Å². The number of nitrogens with one attached hydrogen (secondary N) is 1. The van der Waals surface area contributed by atoms with Gasteiger partial charge < -0.3 is 24.6 Å². The molecule has 0 spiro atoms. The van der Waals surface area contributed by atoms with Crippen molar-refractivity contribution in [1.82, 2.24) is 10.2 Å². The highest BCUT2D eigenvalue weighted by Crippen LogP contribution is 2.33. The molecule has 0 aromatic heterocycles. The molecule has 2 aliphatic heterocycles. The third-order valence-electron chi connectivity index (χ3n) is 4.03. The summed E-state index contributed by atoms with van der Waals surface area (Å²) >= 11 is 0. The van der Waals surface area contributed by atoms with E-state index < -0.39 is 20.8 Å². The second-order valence-corrected chi connectivity index (χ2v) is 6.98. The Hall–Kier alpha value is -1.86. The molecule has 0 saturated carbocycles. The van der Waals surface area contributed by atoms with Crippen LogP contribution in [0, 0.1) is 5.92 Å². The highest BCUT2D eigenvalue weighted by molar-refractivity contribution is 7.33. The van der Waals surface area contributed by atoms with Crippen molar-refractivity contribution in [2.45, 2.75) is 32.0 Å². The van der Waals surface area contributed by atoms with Crippen LogP contribution >= 0.6 is 8.25 Å². The summed E-state index contributed by atoms with van der Waals surface area (Å²) in [4.78, 5) is 12.8. The van der Waals surface area contributed by atoms with E-state index in [0.717, 1.165) is 0 Å². The molecule has 8 nitrogen and oxygen atoms in total. The van der Waals surface area contributed by atoms with Crippen LogP contribution in [0.3, 0.4) is 0 Å². The third-order valence-corrected chi connectivity index (χ3v) is 4.84. The molecule has 2 heterocycles. The van der Waals surface area contributed by atoms with Crippen molar-refractivity contribution in [2.75, 3.05) is 6.61 Å². The van der Waals surface area contributed by atoms with Crippen LogP contribution in [-0.2, 0) is 18.6 Å². The van der Waals surface area contributed by atoms with Gasteiger partial charge in [-0.3, -0.25) is 9.32 Å². The number of amides is 1. The van der Waals surface area contributed by atoms with Gasteiger partial charge in [0.15, 0.2) is 0 Å². The first kappa shape index (κ1) is 17.9. The molecule has 3 rings (SSSR count). The van der Waals surface area contributed by atoms with Gasteiger partial charge in [0.1, 0.15) is 12.0 Å². The fraction of sp³-hybridized carbons (Fsp3) is 0.438. The molecular weight excluding hydrogens is 347 g/mol. The number of para-hydroxylation sites is 1. The molecule has 1 amide bonds. The minimum atomic E-state index is -2.67. The smallest absolute Gasteiger partial charge is 0.367 e. The largest absolute Gasteiger partial charge is 0.426 e. The first-order valence-electron chi connectivity index (χ1n) is 8.02. The topological polar surface area (TPSA) is 97.3 Å². The monoisotopic (exact) mass is 368 g/mol. The molecular formula is C16H21N2O6P. The van der Waals surface area contributed by atoms with E-state index in [1.807, 2.05) is 13.0 Å². The van der Waals surface area contributed by atoms with Gasteiger partial charge in [0, 0.05) is 18.2 Å². The number of aliphatic hydroxyl groups excluding tert-OH is 1. The zero-order valence-electron chi connectivity index (χ0n) is 13.7. The van der Waals surface area contributed by atoms with Crippen LogP contribution in [0.4, 0.5) is 0 Å². The normalized spacial score (nSPS) is 30.2. The number of ether oxygens (including phenoxy) is 1. The van der Waals surface area contributed by atoms with Crippen molar-refractivity contribution in [3.05, 3.63) is 42.6 Å². The van der Waals surface area contributed by atoms with E-state index in [9.17, 15) is 14.5 Å². The fourth-order valence-electron chi connectivity index (χ4n) is 2.87. The molecule has 5 atom stereocenters. The molecule has 1 aromatic rings. The van der Waals surface area contributed by atoms with Gasteiger partial charge in [-0.05, 0) is 18.6 Å². The van der Waals surface area contributed by atoms with Gasteiger partial charge in [0.25, 0.3) is 0 Å². The number of carbonyl (C=O) groups excluding carboxylic acids is 1. The molecule has 1 aromatic carbocycles. The fourth-order valence-corrected chi connectivity index (χ4v) is 3.58. The van der Waals surface area contributed by atoms with E-state index >= 15 is 0 Å². The minimum absolute atomic E-state index is 0.0975. The SMILES string of the molecule is C[C@H]1C[C@@H](CO[PH](=O)Oc2ccccc2)O[C@H]1N1C=CC(=O)NC1O. The van der Waals surface area contributed by atoms with Gasteiger partial charge in [0.2, 0.25) is 12.3 Å². The second kappa shape index (κ2) is 8.01. The summed E-state index contributed by atoms with van der Waals surface area (Å²) in [6.07, 6.45) is 1.71. The summed E-state index contributed by atoms with van der Waals surface area (Å²) in [6, 6.07) is 8.81. The number of carbonyl (C=O) groups is 1. The summed E-state index contributed by atoms with van der Waals surface area (Å²) in [6.45, 7) is 2.11. The number of hydrogen-bond acceptors (Lipinski definition) is 7. The average molecular weight is 368 g/mol. The minimum Gasteiger partial charge on any atom is -0.426 e. The zero-order valence-corrected chi connectivity index (χ0v) is 14.7. The lowest BCUT2D eigenvalue weighted by molar-refractivity contribution is -0.145. The van der Waals surface area contributed by atoms with E-state index in [2.05, 4.69) is 5.32 Å². The number of benzene rings is 1. The van der Waals surface area contributed by atoms with E-state index in [0.29, 0.717) is 12.2 Å². The lowest BCUT2D eigenvalue weighted by atomic mass is 10.1. The predicted molar refractivity (Wildman–Crippen MR) is 89.6 cm³/mol. The molecule has 9 heteroatoms. The predicted octanol–water partition coefficient (Wildman–Crippen LogP) is 1.44. The van der Waals surface area contributed by atoms with Gasteiger partial charge in [-0.2, -0.15) is 0 Å². The summed E-state index contributed by atoms with van der Waals surface area (Å²) in [7, 11) is -2.67. The summed E-state index contributed by atoms with van der Waals surface area (Å²) in [5.74, 6) is 0.230. The van der Waals surface area contributed by atoms with Gasteiger partial charge in [-0.1, -0.05) is 25.1 Å². The van der Waals surface area contributed by atoms with Crippen LogP contribution in [0.15, 0.2) is 42.6 Å². The zero-order chi connectivity index (χ0) is 17.8. The standard InChI is InChI=1S/C16H21N2O6P/c1-11-9-13(10-22-25(21)24-12-5-3-2-4-6-12)23-15(11)18-8-7-14(19)17-16(18)20/h2-8,11,13,15-16,20,25H,9-10H2,1H3,(H,17,19)/t11-,13-,15+,16?/m0/s1. The molecule has 25 heavy (non-hydrogen) atoms. The van der Waals surface area contributed by atoms with E-state index in [-0.39, 0.29) is 24.5 Å². The Labute approximate surface area is 146 Å². The maximum atomic E-state index is 11.9. The Morgan fingerprint density at radius 2 is 2.16 bits per heavy atom. The lowest BCUT2D eigenvalue weighted by Crippen LogP contribution is -2.53. The van der Waals surface area contributed by atoms with Crippen molar-refractivity contribution < 1.29 is 28.3 Å². The van der Waals surface area contributed by atoms with Crippen molar-refractivity contribution >= 4 is 14.2 Å². The Morgan fingerprint density at radius 3 is 2.88 bits per heavy atom. The summed E-state index contributed by atoms with van der Waals surface area (Å²) in [5.41, 5.74) is 0. The van der Waals surface area contributed by atoms with Crippen LogP contribution in [0.2, 0.25) is 0 Å². The van der Waals surface area contributed by atoms with Gasteiger partial charge in [-0.15, -0.1) is 0 Å².